The molecule has 0 aromatic heterocycles. The number of carbonyl (C=O) groups is 3. The minimum atomic E-state index is -1.12. The second-order valence-electron chi connectivity index (χ2n) is 3.25. The largest absolute Gasteiger partial charge is 0.478 e. The number of hydrogen-bond donors (Lipinski definition) is 2. The molecule has 82 valence electrons. The zero-order chi connectivity index (χ0) is 11.7. The fraction of sp³-hybridized carbons (Fsp3) is 0.100. The molecule has 1 fully saturated rings. The molecule has 0 bridgehead atoms. The van der Waals surface area contributed by atoms with E-state index >= 15 is 0 Å². The first-order chi connectivity index (χ1) is 7.59. The zero-order valence-corrected chi connectivity index (χ0v) is 7.97. The topological polar surface area (TPSA) is 92.7 Å². The quantitative estimate of drug-likeness (QED) is 0.688. The Morgan fingerprint density at radius 2 is 2.12 bits per heavy atom. The molecule has 1 saturated heterocycles. The van der Waals surface area contributed by atoms with Gasteiger partial charge in [0.15, 0.2) is 5.92 Å². The summed E-state index contributed by atoms with van der Waals surface area (Å²) in [5.41, 5.74) is 2.25. The van der Waals surface area contributed by atoms with Gasteiger partial charge >= 0.3 is 11.9 Å². The summed E-state index contributed by atoms with van der Waals surface area (Å²) in [4.78, 5) is 37.5. The Labute approximate surface area is 89.8 Å². The number of carboxylic acid groups (broad SMARTS) is 1. The minimum absolute atomic E-state index is 0.0185. The van der Waals surface area contributed by atoms with Crippen molar-refractivity contribution < 1.29 is 24.3 Å². The second kappa shape index (κ2) is 3.65. The van der Waals surface area contributed by atoms with Crippen molar-refractivity contribution in [2.24, 2.45) is 0 Å². The maximum Gasteiger partial charge on any atom is 0.349 e. The monoisotopic (exact) mass is 221 g/mol. The minimum Gasteiger partial charge on any atom is -0.478 e. The second-order valence-corrected chi connectivity index (χ2v) is 3.25. The lowest BCUT2D eigenvalue weighted by atomic mass is 9.97. The van der Waals surface area contributed by atoms with E-state index in [-0.39, 0.29) is 5.56 Å². The van der Waals surface area contributed by atoms with Crippen molar-refractivity contribution in [3.63, 3.8) is 0 Å². The Morgan fingerprint density at radius 1 is 1.38 bits per heavy atom. The van der Waals surface area contributed by atoms with Gasteiger partial charge in [-0.3, -0.25) is 4.79 Å². The van der Waals surface area contributed by atoms with E-state index in [1.54, 1.807) is 0 Å². The summed E-state index contributed by atoms with van der Waals surface area (Å²) in [6.07, 6.45) is 0. The third-order valence-corrected chi connectivity index (χ3v) is 2.22. The van der Waals surface area contributed by atoms with Gasteiger partial charge in [-0.15, -0.1) is 0 Å². The van der Waals surface area contributed by atoms with Crippen molar-refractivity contribution in [2.45, 2.75) is 5.92 Å². The van der Waals surface area contributed by atoms with Crippen molar-refractivity contribution >= 4 is 17.8 Å². The number of hydrogen-bond acceptors (Lipinski definition) is 4. The van der Waals surface area contributed by atoms with E-state index in [2.05, 4.69) is 4.84 Å². The van der Waals surface area contributed by atoms with E-state index < -0.39 is 23.8 Å². The lowest BCUT2D eigenvalue weighted by Gasteiger charge is -2.03. The van der Waals surface area contributed by atoms with Gasteiger partial charge in [0.2, 0.25) is 0 Å². The molecule has 0 aliphatic carbocycles. The van der Waals surface area contributed by atoms with Crippen LogP contribution in [0, 0.1) is 0 Å². The highest BCUT2D eigenvalue weighted by Crippen LogP contribution is 2.22. The molecule has 0 saturated carbocycles. The first kappa shape index (κ1) is 10.2. The number of hydroxylamine groups is 1. The molecule has 1 aliphatic rings. The Kier molecular flexibility index (Phi) is 2.32. The van der Waals surface area contributed by atoms with E-state index in [0.29, 0.717) is 5.56 Å². The van der Waals surface area contributed by atoms with Crippen LogP contribution in [0.1, 0.15) is 21.8 Å². The van der Waals surface area contributed by atoms with Crippen molar-refractivity contribution in [2.75, 3.05) is 0 Å². The molecule has 1 heterocycles. The maximum absolute atomic E-state index is 11.3. The summed E-state index contributed by atoms with van der Waals surface area (Å²) in [6, 6.07) is 5.63. The van der Waals surface area contributed by atoms with Crippen LogP contribution >= 0.6 is 0 Å². The number of amides is 1. The molecule has 2 N–H and O–H groups in total. The van der Waals surface area contributed by atoms with Crippen LogP contribution in [0.2, 0.25) is 0 Å². The van der Waals surface area contributed by atoms with Gasteiger partial charge < -0.3 is 9.94 Å². The smallest absolute Gasteiger partial charge is 0.349 e. The number of benzene rings is 1. The molecule has 1 unspecified atom stereocenters. The molecule has 1 aromatic carbocycles. The molecule has 1 aromatic rings. The molecule has 6 heteroatoms. The lowest BCUT2D eigenvalue weighted by Crippen LogP contribution is -2.18. The third-order valence-electron chi connectivity index (χ3n) is 2.22. The van der Waals surface area contributed by atoms with Crippen molar-refractivity contribution in [1.29, 1.82) is 0 Å². The lowest BCUT2D eigenvalue weighted by molar-refractivity contribution is -0.144. The molecule has 0 radical (unpaired) electrons. The Bertz CT molecular complexity index is 466. The van der Waals surface area contributed by atoms with E-state index in [4.69, 9.17) is 5.11 Å². The molecule has 2 rings (SSSR count). The fourth-order valence-corrected chi connectivity index (χ4v) is 1.46. The van der Waals surface area contributed by atoms with Crippen LogP contribution in [0.4, 0.5) is 0 Å². The van der Waals surface area contributed by atoms with Crippen molar-refractivity contribution in [1.82, 2.24) is 5.48 Å². The highest BCUT2D eigenvalue weighted by Gasteiger charge is 2.37. The van der Waals surface area contributed by atoms with Crippen LogP contribution in [0.25, 0.3) is 0 Å². The van der Waals surface area contributed by atoms with Gasteiger partial charge in [0.1, 0.15) is 0 Å². The Hall–Kier alpha value is -2.37. The zero-order valence-electron chi connectivity index (χ0n) is 7.97. The van der Waals surface area contributed by atoms with Gasteiger partial charge in [-0.05, 0) is 17.7 Å². The average molecular weight is 221 g/mol. The summed E-state index contributed by atoms with van der Waals surface area (Å²) in [5.74, 6) is -3.52. The first-order valence-electron chi connectivity index (χ1n) is 4.43. The molecule has 1 amide bonds. The van der Waals surface area contributed by atoms with Crippen molar-refractivity contribution in [3.05, 3.63) is 35.4 Å². The standard InChI is InChI=1S/C10H7NO5/c12-8-7(10(15)16-11-8)5-2-1-3-6(4-5)9(13)14/h1-4,7H,(H,11,12)(H,13,14). The molecule has 1 aliphatic heterocycles. The van der Waals surface area contributed by atoms with Crippen molar-refractivity contribution in [3.8, 4) is 0 Å². The molecular formula is C10H7NO5. The SMILES string of the molecule is O=C(O)c1cccc(C2C(=O)NOC2=O)c1. The number of aromatic carboxylic acids is 1. The number of carbonyl (C=O) groups excluding carboxylic acids is 2. The molecular weight excluding hydrogens is 214 g/mol. The number of rotatable bonds is 2. The van der Waals surface area contributed by atoms with Gasteiger partial charge in [0.25, 0.3) is 5.91 Å². The van der Waals surface area contributed by atoms with E-state index in [9.17, 15) is 14.4 Å². The van der Waals surface area contributed by atoms with Crippen LogP contribution in [-0.4, -0.2) is 23.0 Å². The van der Waals surface area contributed by atoms with Gasteiger partial charge in [0.05, 0.1) is 5.56 Å². The number of nitrogens with one attached hydrogen (secondary N) is 1. The Balaban J connectivity index is 2.40. The molecule has 6 nitrogen and oxygen atoms in total. The average Bonchev–Trinajstić information content (AvgIpc) is 2.59. The van der Waals surface area contributed by atoms with Gasteiger partial charge in [-0.1, -0.05) is 12.1 Å². The highest BCUT2D eigenvalue weighted by atomic mass is 16.7. The van der Waals surface area contributed by atoms with E-state index in [0.717, 1.165) is 0 Å². The summed E-state index contributed by atoms with van der Waals surface area (Å²) in [7, 11) is 0. The molecule has 1 atom stereocenters. The molecule has 16 heavy (non-hydrogen) atoms. The third kappa shape index (κ3) is 1.60. The van der Waals surface area contributed by atoms with Gasteiger partial charge in [-0.2, -0.15) is 5.48 Å². The fourth-order valence-electron chi connectivity index (χ4n) is 1.46. The summed E-state index contributed by atoms with van der Waals surface area (Å²) >= 11 is 0. The summed E-state index contributed by atoms with van der Waals surface area (Å²) in [6.45, 7) is 0. The van der Waals surface area contributed by atoms with Gasteiger partial charge in [-0.25, -0.2) is 9.59 Å². The van der Waals surface area contributed by atoms with Crippen LogP contribution in [0.15, 0.2) is 24.3 Å². The summed E-state index contributed by atoms with van der Waals surface area (Å²) in [5, 5.41) is 8.77. The van der Waals surface area contributed by atoms with Crippen LogP contribution < -0.4 is 5.48 Å². The van der Waals surface area contributed by atoms with Gasteiger partial charge in [0, 0.05) is 0 Å². The highest BCUT2D eigenvalue weighted by molar-refractivity contribution is 6.07. The van der Waals surface area contributed by atoms with Crippen LogP contribution in [-0.2, 0) is 14.4 Å². The van der Waals surface area contributed by atoms with Crippen LogP contribution in [0.3, 0.4) is 0 Å². The Morgan fingerprint density at radius 3 is 2.69 bits per heavy atom. The number of carboxylic acids is 1. The van der Waals surface area contributed by atoms with E-state index in [1.807, 2.05) is 5.48 Å². The summed E-state index contributed by atoms with van der Waals surface area (Å²) < 4.78 is 0. The van der Waals surface area contributed by atoms with Crippen LogP contribution in [0.5, 0.6) is 0 Å². The maximum atomic E-state index is 11.3. The predicted octanol–water partition coefficient (Wildman–Crippen LogP) is 0.0564. The first-order valence-corrected chi connectivity index (χ1v) is 4.43. The molecule has 0 spiro atoms. The van der Waals surface area contributed by atoms with E-state index in [1.165, 1.54) is 24.3 Å². The normalized spacial score (nSPS) is 19.1. The predicted molar refractivity (Wildman–Crippen MR) is 50.4 cm³/mol.